The van der Waals surface area contributed by atoms with Crippen molar-refractivity contribution >= 4 is 17.3 Å². The van der Waals surface area contributed by atoms with Crippen molar-refractivity contribution in [3.05, 3.63) is 23.8 Å². The summed E-state index contributed by atoms with van der Waals surface area (Å²) in [6, 6.07) is 0. The van der Waals surface area contributed by atoms with Crippen LogP contribution in [-0.2, 0) is 14.4 Å². The van der Waals surface area contributed by atoms with Crippen LogP contribution in [0.25, 0.3) is 0 Å². The van der Waals surface area contributed by atoms with Gasteiger partial charge in [-0.3, -0.25) is 14.4 Å². The smallest absolute Gasteiger partial charge is 0.190 e. The average Bonchev–Trinajstić information content (AvgIpc) is 2.87. The highest BCUT2D eigenvalue weighted by atomic mass is 16.3. The van der Waals surface area contributed by atoms with Gasteiger partial charge in [0.1, 0.15) is 18.0 Å². The molecule has 0 aliphatic heterocycles. The van der Waals surface area contributed by atoms with Gasteiger partial charge in [0.15, 0.2) is 11.6 Å². The number of aliphatic hydroxyl groups excluding tert-OH is 2. The predicted octanol–water partition coefficient (Wildman–Crippen LogP) is 0.737. The number of hydrogen-bond donors (Lipinski definition) is 3. The lowest BCUT2D eigenvalue weighted by Gasteiger charge is -2.57. The van der Waals surface area contributed by atoms with Crippen molar-refractivity contribution in [2.24, 2.45) is 28.6 Å². The molecular formula is C21H26O6. The summed E-state index contributed by atoms with van der Waals surface area (Å²) in [4.78, 5) is 37.5. The summed E-state index contributed by atoms with van der Waals surface area (Å²) in [6.45, 7) is 2.91. The van der Waals surface area contributed by atoms with Gasteiger partial charge in [0.2, 0.25) is 0 Å². The molecule has 7 atom stereocenters. The largest absolute Gasteiger partial charge is 0.389 e. The van der Waals surface area contributed by atoms with Crippen LogP contribution in [0.2, 0.25) is 0 Å². The first kappa shape index (κ1) is 18.7. The average molecular weight is 374 g/mol. The van der Waals surface area contributed by atoms with Crippen LogP contribution in [0.3, 0.4) is 0 Å². The van der Waals surface area contributed by atoms with Gasteiger partial charge in [-0.25, -0.2) is 0 Å². The Balaban J connectivity index is 1.79. The van der Waals surface area contributed by atoms with Crippen molar-refractivity contribution in [3.63, 3.8) is 0 Å². The van der Waals surface area contributed by atoms with E-state index in [2.05, 4.69) is 0 Å². The Morgan fingerprint density at radius 2 is 2.00 bits per heavy atom. The normalized spacial score (nSPS) is 48.6. The highest BCUT2D eigenvalue weighted by Gasteiger charge is 2.68. The quantitative estimate of drug-likeness (QED) is 0.657. The third-order valence-electron chi connectivity index (χ3n) is 8.03. The lowest BCUT2D eigenvalue weighted by molar-refractivity contribution is -0.170. The van der Waals surface area contributed by atoms with Gasteiger partial charge in [0.05, 0.1) is 6.10 Å². The molecule has 4 aliphatic carbocycles. The van der Waals surface area contributed by atoms with Gasteiger partial charge in [-0.1, -0.05) is 19.9 Å². The standard InChI is InChI=1S/C21H26O6/c1-19-5-3-11(23)7-14(19)15(24)8-12-13-4-6-21(27,17(26)10-22)20(13,2)9-16(25)18(12)19/h3,5,7,12-13,15,18,22,24,27H,4,6,8-10H2,1-2H3/t12-,13-,15?,18+,19-,20-,21-/m0/s1. The number of ketones is 3. The van der Waals surface area contributed by atoms with E-state index in [-0.39, 0.29) is 42.2 Å². The summed E-state index contributed by atoms with van der Waals surface area (Å²) in [5, 5.41) is 31.2. The molecule has 0 bridgehead atoms. The molecule has 6 heteroatoms. The Bertz CT molecular complexity index is 796. The maximum atomic E-state index is 13.3. The number of allylic oxidation sites excluding steroid dienone is 3. The second-order valence-corrected chi connectivity index (χ2v) is 9.16. The third-order valence-corrected chi connectivity index (χ3v) is 8.03. The van der Waals surface area contributed by atoms with E-state index in [0.717, 1.165) is 0 Å². The summed E-state index contributed by atoms with van der Waals surface area (Å²) in [7, 11) is 0. The van der Waals surface area contributed by atoms with Crippen LogP contribution in [0.1, 0.15) is 39.5 Å². The molecule has 27 heavy (non-hydrogen) atoms. The second kappa shape index (κ2) is 5.69. The van der Waals surface area contributed by atoms with Crippen molar-refractivity contribution < 1.29 is 29.7 Å². The fourth-order valence-electron chi connectivity index (χ4n) is 6.68. The lowest BCUT2D eigenvalue weighted by atomic mass is 9.46. The molecule has 0 amide bonds. The molecule has 4 rings (SSSR count). The van der Waals surface area contributed by atoms with E-state index in [4.69, 9.17) is 0 Å². The molecule has 0 aromatic heterocycles. The Labute approximate surface area is 158 Å². The molecule has 1 unspecified atom stereocenters. The Morgan fingerprint density at radius 1 is 1.30 bits per heavy atom. The number of rotatable bonds is 2. The molecule has 0 heterocycles. The molecule has 0 saturated heterocycles. The zero-order valence-corrected chi connectivity index (χ0v) is 15.6. The number of fused-ring (bicyclic) bond motifs is 5. The van der Waals surface area contributed by atoms with Crippen molar-refractivity contribution in [1.29, 1.82) is 0 Å². The SMILES string of the molecule is C[C@]12C=CC(=O)C=C1C(O)C[C@@H]1[C@@H]2C(=O)C[C@@]2(C)[C@H]1CC[C@]2(O)C(=O)CO. The Morgan fingerprint density at radius 3 is 2.67 bits per heavy atom. The van der Waals surface area contributed by atoms with Crippen LogP contribution in [0, 0.1) is 28.6 Å². The fourth-order valence-corrected chi connectivity index (χ4v) is 6.68. The van der Waals surface area contributed by atoms with Crippen molar-refractivity contribution in [2.75, 3.05) is 6.61 Å². The van der Waals surface area contributed by atoms with Crippen LogP contribution < -0.4 is 0 Å². The van der Waals surface area contributed by atoms with E-state index in [1.165, 1.54) is 12.2 Å². The third kappa shape index (κ3) is 2.20. The Kier molecular flexibility index (Phi) is 3.94. The van der Waals surface area contributed by atoms with E-state index < -0.39 is 34.9 Å². The molecule has 4 aliphatic rings. The van der Waals surface area contributed by atoms with E-state index in [9.17, 15) is 29.7 Å². The zero-order chi connectivity index (χ0) is 19.8. The van der Waals surface area contributed by atoms with E-state index in [0.29, 0.717) is 18.4 Å². The summed E-state index contributed by atoms with van der Waals surface area (Å²) in [6.07, 6.45) is 4.99. The molecule has 0 aromatic rings. The highest BCUT2D eigenvalue weighted by Crippen LogP contribution is 2.66. The first-order chi connectivity index (χ1) is 12.6. The number of hydrogen-bond acceptors (Lipinski definition) is 6. The first-order valence-corrected chi connectivity index (χ1v) is 9.61. The molecule has 3 fully saturated rings. The van der Waals surface area contributed by atoms with Gasteiger partial charge in [-0.2, -0.15) is 0 Å². The zero-order valence-electron chi connectivity index (χ0n) is 15.6. The van der Waals surface area contributed by atoms with Gasteiger partial charge in [0.25, 0.3) is 0 Å². The Hall–Kier alpha value is -1.63. The van der Waals surface area contributed by atoms with Gasteiger partial charge in [-0.15, -0.1) is 0 Å². The number of Topliss-reactive ketones (excluding diaryl/α,β-unsaturated/α-hetero) is 2. The minimum Gasteiger partial charge on any atom is -0.389 e. The molecule has 0 radical (unpaired) electrons. The highest BCUT2D eigenvalue weighted by molar-refractivity contribution is 6.02. The molecular weight excluding hydrogens is 348 g/mol. The molecule has 3 N–H and O–H groups in total. The first-order valence-electron chi connectivity index (χ1n) is 9.61. The number of aliphatic hydroxyl groups is 3. The van der Waals surface area contributed by atoms with E-state index in [1.807, 2.05) is 6.92 Å². The molecule has 6 nitrogen and oxygen atoms in total. The van der Waals surface area contributed by atoms with Crippen molar-refractivity contribution in [1.82, 2.24) is 0 Å². The maximum Gasteiger partial charge on any atom is 0.190 e. The van der Waals surface area contributed by atoms with Crippen molar-refractivity contribution in [3.8, 4) is 0 Å². The van der Waals surface area contributed by atoms with Gasteiger partial charge >= 0.3 is 0 Å². The summed E-state index contributed by atoms with van der Waals surface area (Å²) in [5.74, 6) is -1.56. The lowest BCUT2D eigenvalue weighted by Crippen LogP contribution is -2.61. The van der Waals surface area contributed by atoms with Gasteiger partial charge in [-0.05, 0) is 48.8 Å². The van der Waals surface area contributed by atoms with Crippen LogP contribution >= 0.6 is 0 Å². The van der Waals surface area contributed by atoms with Crippen molar-refractivity contribution in [2.45, 2.75) is 51.2 Å². The molecule has 146 valence electrons. The monoisotopic (exact) mass is 374 g/mol. The molecule has 0 aromatic carbocycles. The second-order valence-electron chi connectivity index (χ2n) is 9.16. The van der Waals surface area contributed by atoms with Gasteiger partial charge in [0, 0.05) is 23.2 Å². The minimum absolute atomic E-state index is 0.0517. The van der Waals surface area contributed by atoms with Gasteiger partial charge < -0.3 is 15.3 Å². The van der Waals surface area contributed by atoms with Crippen LogP contribution in [0.4, 0.5) is 0 Å². The topological polar surface area (TPSA) is 112 Å². The number of carbonyl (C=O) groups excluding carboxylic acids is 3. The molecule has 0 spiro atoms. The maximum absolute atomic E-state index is 13.3. The summed E-state index contributed by atoms with van der Waals surface area (Å²) in [5.41, 5.74) is -2.80. The van der Waals surface area contributed by atoms with Crippen LogP contribution in [-0.4, -0.2) is 51.0 Å². The minimum atomic E-state index is -1.71. The summed E-state index contributed by atoms with van der Waals surface area (Å²) < 4.78 is 0. The fraction of sp³-hybridized carbons (Fsp3) is 0.667. The van der Waals surface area contributed by atoms with Crippen LogP contribution in [0.15, 0.2) is 23.8 Å². The number of carbonyl (C=O) groups is 3. The summed E-state index contributed by atoms with van der Waals surface area (Å²) >= 11 is 0. The predicted molar refractivity (Wildman–Crippen MR) is 95.4 cm³/mol. The van der Waals surface area contributed by atoms with E-state index in [1.54, 1.807) is 13.0 Å². The van der Waals surface area contributed by atoms with E-state index >= 15 is 0 Å². The molecule has 3 saturated carbocycles. The van der Waals surface area contributed by atoms with Crippen LogP contribution in [0.5, 0.6) is 0 Å².